The van der Waals surface area contributed by atoms with E-state index in [1.54, 1.807) is 5.51 Å². The molecule has 39 heavy (non-hydrogen) atoms. The van der Waals surface area contributed by atoms with E-state index in [1.807, 2.05) is 66.0 Å². The molecule has 3 heterocycles. The number of aromatic hydroxyl groups is 1. The molecule has 6 nitrogen and oxygen atoms in total. The summed E-state index contributed by atoms with van der Waals surface area (Å²) in [5.41, 5.74) is 8.24. The van der Waals surface area contributed by atoms with E-state index in [0.717, 1.165) is 47.5 Å². The van der Waals surface area contributed by atoms with Crippen LogP contribution >= 0.6 is 11.3 Å². The molecule has 3 aromatic carbocycles. The molecule has 0 amide bonds. The Morgan fingerprint density at radius 3 is 2.46 bits per heavy atom. The largest absolute Gasteiger partial charge is 0.494 e. The van der Waals surface area contributed by atoms with Gasteiger partial charge >= 0.3 is 0 Å². The van der Waals surface area contributed by atoms with Crippen molar-refractivity contribution in [2.45, 2.75) is 32.7 Å². The Kier molecular flexibility index (Phi) is 7.09. The van der Waals surface area contributed by atoms with Crippen LogP contribution in [0.5, 0.6) is 5.88 Å². The lowest BCUT2D eigenvalue weighted by molar-refractivity contribution is 0.0933. The summed E-state index contributed by atoms with van der Waals surface area (Å²) in [4.78, 5) is 24.7. The highest BCUT2D eigenvalue weighted by atomic mass is 32.1. The maximum Gasteiger partial charge on any atom is 0.230 e. The minimum Gasteiger partial charge on any atom is -0.494 e. The third kappa shape index (κ3) is 5.15. The van der Waals surface area contributed by atoms with E-state index >= 15 is 0 Å². The predicted molar refractivity (Wildman–Crippen MR) is 158 cm³/mol. The molecule has 0 unspecified atom stereocenters. The minimum atomic E-state index is -0.264. The molecule has 0 bridgehead atoms. The van der Waals surface area contributed by atoms with Crippen LogP contribution in [-0.2, 0) is 6.54 Å². The molecular weight excluding hydrogens is 504 g/mol. The van der Waals surface area contributed by atoms with E-state index < -0.39 is 0 Å². The van der Waals surface area contributed by atoms with Gasteiger partial charge in [0.05, 0.1) is 33.7 Å². The number of fused-ring (bicyclic) bond motifs is 1. The Balaban J connectivity index is 1.48. The summed E-state index contributed by atoms with van der Waals surface area (Å²) in [6, 6.07) is 23.9. The van der Waals surface area contributed by atoms with Gasteiger partial charge in [0.15, 0.2) is 0 Å². The van der Waals surface area contributed by atoms with Gasteiger partial charge in [-0.15, -0.1) is 11.3 Å². The van der Waals surface area contributed by atoms with Gasteiger partial charge in [0.2, 0.25) is 11.8 Å². The summed E-state index contributed by atoms with van der Waals surface area (Å²) in [5, 5.41) is 14.2. The summed E-state index contributed by atoms with van der Waals surface area (Å²) in [6.07, 6.45) is 3.86. The molecule has 2 aromatic heterocycles. The second-order valence-corrected chi connectivity index (χ2v) is 10.7. The highest BCUT2D eigenvalue weighted by Crippen LogP contribution is 2.37. The molecule has 1 aliphatic heterocycles. The van der Waals surface area contributed by atoms with Gasteiger partial charge in [-0.05, 0) is 55.8 Å². The predicted octanol–water partition coefficient (Wildman–Crippen LogP) is 7.29. The number of carbonyl (C=O) groups is 1. The molecule has 7 heteroatoms. The normalized spacial score (nSPS) is 14.6. The minimum absolute atomic E-state index is 0.114. The van der Waals surface area contributed by atoms with Crippen molar-refractivity contribution in [2.24, 2.45) is 4.99 Å². The van der Waals surface area contributed by atoms with Crippen LogP contribution in [0.15, 0.2) is 88.7 Å². The van der Waals surface area contributed by atoms with Gasteiger partial charge in [0, 0.05) is 35.4 Å². The first-order chi connectivity index (χ1) is 19.1. The summed E-state index contributed by atoms with van der Waals surface area (Å²) >= 11 is 1.53. The topological polar surface area (TPSA) is 70.7 Å². The fourth-order valence-electron chi connectivity index (χ4n) is 5.39. The molecule has 1 fully saturated rings. The summed E-state index contributed by atoms with van der Waals surface area (Å²) in [5.74, 6) is -0.378. The Bertz CT molecular complexity index is 1630. The van der Waals surface area contributed by atoms with E-state index in [0.29, 0.717) is 16.8 Å². The molecule has 0 spiro atoms. The van der Waals surface area contributed by atoms with Gasteiger partial charge < -0.3 is 5.11 Å². The Morgan fingerprint density at radius 1 is 1.00 bits per heavy atom. The highest BCUT2D eigenvalue weighted by Gasteiger charge is 2.25. The fraction of sp³-hybridized carbons (Fsp3) is 0.219. The van der Waals surface area contributed by atoms with Crippen LogP contribution in [0.4, 0.5) is 5.69 Å². The number of piperidine rings is 1. The summed E-state index contributed by atoms with van der Waals surface area (Å²) in [7, 11) is 0. The van der Waals surface area contributed by atoms with Gasteiger partial charge in [0.25, 0.3) is 0 Å². The smallest absolute Gasteiger partial charge is 0.230 e. The molecule has 5 aromatic rings. The molecule has 0 atom stereocenters. The molecule has 6 rings (SSSR count). The maximum atomic E-state index is 12.7. The number of carbonyl (C=O) groups excluding carboxylic acids is 1. The third-order valence-electron chi connectivity index (χ3n) is 7.30. The number of benzene rings is 3. The van der Waals surface area contributed by atoms with Crippen LogP contribution < -0.4 is 0 Å². The number of hydrogen-bond acceptors (Lipinski definition) is 6. The van der Waals surface area contributed by atoms with Crippen LogP contribution in [0.25, 0.3) is 22.2 Å². The van der Waals surface area contributed by atoms with Gasteiger partial charge in [-0.25, -0.2) is 9.98 Å². The van der Waals surface area contributed by atoms with Crippen molar-refractivity contribution in [3.63, 3.8) is 0 Å². The first-order valence-corrected chi connectivity index (χ1v) is 14.3. The third-order valence-corrected chi connectivity index (χ3v) is 7.89. The maximum absolute atomic E-state index is 12.7. The van der Waals surface area contributed by atoms with Gasteiger partial charge in [-0.2, -0.15) is 0 Å². The molecule has 0 radical (unpaired) electrons. The van der Waals surface area contributed by atoms with Crippen molar-refractivity contribution in [3.05, 3.63) is 100 Å². The average Bonchev–Trinajstić information content (AvgIpc) is 3.60. The number of thiazole rings is 1. The van der Waals surface area contributed by atoms with Crippen molar-refractivity contribution in [2.75, 3.05) is 13.1 Å². The number of aromatic nitrogens is 2. The quantitative estimate of drug-likeness (QED) is 0.232. The number of likely N-dealkylation sites (tertiary alicyclic amines) is 1. The zero-order valence-corrected chi connectivity index (χ0v) is 22.7. The van der Waals surface area contributed by atoms with E-state index in [9.17, 15) is 9.90 Å². The molecule has 1 N–H and O–H groups in total. The van der Waals surface area contributed by atoms with E-state index in [4.69, 9.17) is 4.99 Å². The van der Waals surface area contributed by atoms with E-state index in [1.165, 1.54) is 47.7 Å². The van der Waals surface area contributed by atoms with Crippen molar-refractivity contribution in [1.82, 2.24) is 14.5 Å². The molecule has 1 saturated heterocycles. The number of rotatable bonds is 6. The fourth-order valence-corrected chi connectivity index (χ4v) is 5.95. The molecule has 0 aliphatic carbocycles. The number of aliphatic imine (C=N–C) groups is 1. The lowest BCUT2D eigenvalue weighted by Gasteiger charge is -2.26. The van der Waals surface area contributed by atoms with Crippen molar-refractivity contribution >= 4 is 39.5 Å². The summed E-state index contributed by atoms with van der Waals surface area (Å²) < 4.78 is 1.36. The zero-order valence-electron chi connectivity index (χ0n) is 21.9. The number of hydrogen-bond donors (Lipinski definition) is 1. The average molecular weight is 535 g/mol. The van der Waals surface area contributed by atoms with E-state index in [2.05, 4.69) is 22.0 Å². The number of nitrogens with zero attached hydrogens (tertiary/aromatic N) is 4. The monoisotopic (exact) mass is 534 g/mol. The van der Waals surface area contributed by atoms with Crippen LogP contribution in [0, 0.1) is 0 Å². The van der Waals surface area contributed by atoms with Crippen LogP contribution in [-0.4, -0.2) is 44.3 Å². The lowest BCUT2D eigenvalue weighted by Crippen LogP contribution is -2.28. The second-order valence-electron chi connectivity index (χ2n) is 9.99. The van der Waals surface area contributed by atoms with Gasteiger partial charge in [-0.3, -0.25) is 14.3 Å². The van der Waals surface area contributed by atoms with Crippen molar-refractivity contribution < 1.29 is 9.90 Å². The molecule has 1 aliphatic rings. The Morgan fingerprint density at radius 2 is 1.77 bits per heavy atom. The highest BCUT2D eigenvalue weighted by molar-refractivity contribution is 7.07. The Labute approximate surface area is 231 Å². The second kappa shape index (κ2) is 11.0. The van der Waals surface area contributed by atoms with Crippen molar-refractivity contribution in [3.8, 4) is 17.1 Å². The van der Waals surface area contributed by atoms with Gasteiger partial charge in [0.1, 0.15) is 0 Å². The van der Waals surface area contributed by atoms with Crippen LogP contribution in [0.3, 0.4) is 0 Å². The van der Waals surface area contributed by atoms with Gasteiger partial charge in [-0.1, -0.05) is 55.0 Å². The van der Waals surface area contributed by atoms with E-state index in [-0.39, 0.29) is 11.8 Å². The Hall–Kier alpha value is -4.07. The standard InChI is InChI=1S/C32H30N4O2S/c1-22(37)36-29-15-12-25(28-20-39-21-33-28)18-27(29)30(32(36)38)31(24-8-4-2-5-9-24)34-26-13-10-23(11-14-26)19-35-16-6-3-7-17-35/h2,4-5,8-15,18,20-21,38H,3,6-7,16-17,19H2,1H3. The first kappa shape index (κ1) is 25.2. The lowest BCUT2D eigenvalue weighted by atomic mass is 9.99. The first-order valence-electron chi connectivity index (χ1n) is 13.3. The molecule has 0 saturated carbocycles. The molecule has 196 valence electrons. The van der Waals surface area contributed by atoms with Crippen LogP contribution in [0.2, 0.25) is 0 Å². The molecular formula is C32H30N4O2S. The SMILES string of the molecule is CC(=O)n1c(O)c(C(=Nc2ccc(CN3CCCCC3)cc2)c2ccccc2)c2cc(-c3cscn3)ccc21. The van der Waals surface area contributed by atoms with Crippen molar-refractivity contribution in [1.29, 1.82) is 0 Å². The zero-order chi connectivity index (χ0) is 26.8. The summed E-state index contributed by atoms with van der Waals surface area (Å²) in [6.45, 7) is 4.71. The van der Waals surface area contributed by atoms with Crippen LogP contribution in [0.1, 0.15) is 47.7 Å².